The summed E-state index contributed by atoms with van der Waals surface area (Å²) in [6.07, 6.45) is 23.4. The summed E-state index contributed by atoms with van der Waals surface area (Å²) >= 11 is 0. The van der Waals surface area contributed by atoms with Crippen molar-refractivity contribution in [2.24, 2.45) is 0 Å². The summed E-state index contributed by atoms with van der Waals surface area (Å²) in [4.78, 5) is 13.5. The average molecular weight is 520 g/mol. The first-order chi connectivity index (χ1) is 16.6. The third kappa shape index (κ3) is 24.8. The van der Waals surface area contributed by atoms with Crippen LogP contribution in [0.3, 0.4) is 0 Å². The second-order valence-electron chi connectivity index (χ2n) is 11.2. The summed E-state index contributed by atoms with van der Waals surface area (Å²) in [6, 6.07) is 0. The molecule has 7 heteroatoms. The molecule has 0 aromatic rings. The van der Waals surface area contributed by atoms with Gasteiger partial charge in [0.1, 0.15) is 0 Å². The smallest absolute Gasteiger partial charge is 0.264 e. The molecule has 0 bridgehead atoms. The molecule has 0 aromatic heterocycles. The maximum atomic E-state index is 11.8. The van der Waals surface area contributed by atoms with Crippen LogP contribution in [0.1, 0.15) is 129 Å². The van der Waals surface area contributed by atoms with Gasteiger partial charge in [0.2, 0.25) is 5.91 Å². The van der Waals surface area contributed by atoms with E-state index in [-0.39, 0.29) is 18.1 Å². The number of carbonyl (C=O) groups excluding carboxylic acids is 1. The van der Waals surface area contributed by atoms with Gasteiger partial charge in [-0.1, -0.05) is 96.8 Å². The van der Waals surface area contributed by atoms with Gasteiger partial charge in [0, 0.05) is 26.4 Å². The Morgan fingerprint density at radius 3 is 1.43 bits per heavy atom. The van der Waals surface area contributed by atoms with Crippen LogP contribution in [-0.2, 0) is 14.9 Å². The minimum Gasteiger partial charge on any atom is -0.343 e. The molecule has 0 atom stereocenters. The Morgan fingerprint density at radius 1 is 0.657 bits per heavy atom. The van der Waals surface area contributed by atoms with Crippen LogP contribution in [0.15, 0.2) is 0 Å². The lowest BCUT2D eigenvalue weighted by molar-refractivity contribution is -0.890. The minimum absolute atomic E-state index is 0.0385. The fraction of sp³-hybridized carbons (Fsp3) is 0.964. The van der Waals surface area contributed by atoms with E-state index in [1.165, 1.54) is 110 Å². The molecule has 0 aliphatic rings. The molecule has 1 N–H and O–H groups in total. The molecule has 0 radical (unpaired) electrons. The zero-order valence-corrected chi connectivity index (χ0v) is 24.6. The SMILES string of the molecule is CCCCCCCCCCCCCCCCCC[N+](C)(C)CCCN(CCCS(=O)(=O)O)C(C)=O. The van der Waals surface area contributed by atoms with E-state index in [2.05, 4.69) is 21.0 Å². The lowest BCUT2D eigenvalue weighted by atomic mass is 10.0. The summed E-state index contributed by atoms with van der Waals surface area (Å²) in [5.41, 5.74) is 0. The molecule has 0 saturated carbocycles. The van der Waals surface area contributed by atoms with Crippen molar-refractivity contribution in [1.82, 2.24) is 4.90 Å². The maximum Gasteiger partial charge on any atom is 0.264 e. The monoisotopic (exact) mass is 519 g/mol. The van der Waals surface area contributed by atoms with Crippen LogP contribution >= 0.6 is 0 Å². The highest BCUT2D eigenvalue weighted by Gasteiger charge is 2.16. The van der Waals surface area contributed by atoms with Gasteiger partial charge in [-0.05, 0) is 19.3 Å². The van der Waals surface area contributed by atoms with Crippen molar-refractivity contribution in [2.45, 2.75) is 129 Å². The van der Waals surface area contributed by atoms with E-state index in [4.69, 9.17) is 4.55 Å². The molecule has 0 spiro atoms. The highest BCUT2D eigenvalue weighted by atomic mass is 32.2. The first-order valence-corrected chi connectivity index (χ1v) is 16.2. The molecule has 0 rings (SSSR count). The Bertz CT molecular complexity index is 608. The second-order valence-corrected chi connectivity index (χ2v) is 12.8. The number of nitrogens with zero attached hydrogens (tertiary/aromatic N) is 2. The third-order valence-corrected chi connectivity index (χ3v) is 7.89. The van der Waals surface area contributed by atoms with Gasteiger partial charge < -0.3 is 9.38 Å². The van der Waals surface area contributed by atoms with Gasteiger partial charge in [0.15, 0.2) is 0 Å². The van der Waals surface area contributed by atoms with Gasteiger partial charge in [-0.15, -0.1) is 0 Å². The molecule has 0 heterocycles. The van der Waals surface area contributed by atoms with Gasteiger partial charge in [-0.25, -0.2) is 0 Å². The van der Waals surface area contributed by atoms with Crippen LogP contribution in [0.2, 0.25) is 0 Å². The van der Waals surface area contributed by atoms with Gasteiger partial charge in [-0.2, -0.15) is 8.42 Å². The van der Waals surface area contributed by atoms with Crippen molar-refractivity contribution in [2.75, 3.05) is 46.0 Å². The largest absolute Gasteiger partial charge is 0.343 e. The molecule has 0 fully saturated rings. The molecule has 1 amide bonds. The van der Waals surface area contributed by atoms with Gasteiger partial charge >= 0.3 is 0 Å². The van der Waals surface area contributed by atoms with E-state index in [1.807, 2.05) is 0 Å². The van der Waals surface area contributed by atoms with Crippen molar-refractivity contribution in [3.63, 3.8) is 0 Å². The number of hydrogen-bond donors (Lipinski definition) is 1. The van der Waals surface area contributed by atoms with Crippen molar-refractivity contribution >= 4 is 16.0 Å². The van der Waals surface area contributed by atoms with E-state index in [1.54, 1.807) is 4.90 Å². The predicted molar refractivity (Wildman–Crippen MR) is 149 cm³/mol. The highest BCUT2D eigenvalue weighted by molar-refractivity contribution is 7.85. The van der Waals surface area contributed by atoms with Crippen molar-refractivity contribution in [3.8, 4) is 0 Å². The van der Waals surface area contributed by atoms with Crippen molar-refractivity contribution in [1.29, 1.82) is 0 Å². The lowest BCUT2D eigenvalue weighted by Crippen LogP contribution is -2.43. The fourth-order valence-electron chi connectivity index (χ4n) is 4.75. The number of carbonyl (C=O) groups is 1. The van der Waals surface area contributed by atoms with E-state index in [0.29, 0.717) is 13.1 Å². The summed E-state index contributed by atoms with van der Waals surface area (Å²) in [7, 11) is 0.543. The summed E-state index contributed by atoms with van der Waals surface area (Å²) in [6.45, 7) is 6.97. The Labute approximate surface area is 218 Å². The van der Waals surface area contributed by atoms with Crippen LogP contribution in [-0.4, -0.2) is 74.3 Å². The minimum atomic E-state index is -3.96. The van der Waals surface area contributed by atoms with Crippen LogP contribution in [0.4, 0.5) is 0 Å². The first kappa shape index (κ1) is 34.3. The quantitative estimate of drug-likeness (QED) is 0.0814. The zero-order chi connectivity index (χ0) is 26.4. The standard InChI is InChI=1S/C28H58N2O4S/c1-5-6-7-8-9-10-11-12-13-14-15-16-17-18-19-20-25-30(3,4)26-21-23-29(28(2)31)24-22-27-35(32,33)34/h5-27H2,1-4H3/p+1. The molecule has 6 nitrogen and oxygen atoms in total. The lowest BCUT2D eigenvalue weighted by Gasteiger charge is -2.31. The van der Waals surface area contributed by atoms with Gasteiger partial charge in [0.25, 0.3) is 10.1 Å². The Kier molecular flexibility index (Phi) is 21.0. The topological polar surface area (TPSA) is 74.7 Å². The molecule has 0 aromatic carbocycles. The fourth-order valence-corrected chi connectivity index (χ4v) is 5.25. The van der Waals surface area contributed by atoms with E-state index in [0.717, 1.165) is 24.0 Å². The number of hydrogen-bond acceptors (Lipinski definition) is 3. The van der Waals surface area contributed by atoms with E-state index < -0.39 is 10.1 Å². The Morgan fingerprint density at radius 2 is 1.03 bits per heavy atom. The highest BCUT2D eigenvalue weighted by Crippen LogP contribution is 2.14. The first-order valence-electron chi connectivity index (χ1n) is 14.6. The number of rotatable bonds is 25. The van der Waals surface area contributed by atoms with Crippen LogP contribution in [0.25, 0.3) is 0 Å². The summed E-state index contributed by atoms with van der Waals surface area (Å²) in [5.74, 6) is -0.333. The van der Waals surface area contributed by atoms with Crippen LogP contribution < -0.4 is 0 Å². The third-order valence-electron chi connectivity index (χ3n) is 7.08. The Hall–Kier alpha value is -0.660. The molecule has 0 aliphatic carbocycles. The predicted octanol–water partition coefficient (Wildman–Crippen LogP) is 6.84. The average Bonchev–Trinajstić information content (AvgIpc) is 2.76. The molecular formula is C28H59N2O4S+. The molecule has 35 heavy (non-hydrogen) atoms. The van der Waals surface area contributed by atoms with E-state index in [9.17, 15) is 13.2 Å². The number of amides is 1. The van der Waals surface area contributed by atoms with Crippen molar-refractivity contribution < 1.29 is 22.2 Å². The Balaban J connectivity index is 3.64. The second kappa shape index (κ2) is 21.4. The summed E-state index contributed by atoms with van der Waals surface area (Å²) in [5, 5.41) is 0. The zero-order valence-electron chi connectivity index (χ0n) is 23.7. The summed E-state index contributed by atoms with van der Waals surface area (Å²) < 4.78 is 31.5. The number of unbranched alkanes of at least 4 members (excludes halogenated alkanes) is 15. The molecule has 0 saturated heterocycles. The van der Waals surface area contributed by atoms with Gasteiger partial charge in [-0.3, -0.25) is 9.35 Å². The van der Waals surface area contributed by atoms with Crippen LogP contribution in [0.5, 0.6) is 0 Å². The normalized spacial score (nSPS) is 12.3. The van der Waals surface area contributed by atoms with E-state index >= 15 is 0 Å². The molecule has 210 valence electrons. The van der Waals surface area contributed by atoms with Gasteiger partial charge in [0.05, 0.1) is 32.9 Å². The maximum absolute atomic E-state index is 11.8. The van der Waals surface area contributed by atoms with Crippen molar-refractivity contribution in [3.05, 3.63) is 0 Å². The molecular weight excluding hydrogens is 460 g/mol. The van der Waals surface area contributed by atoms with Crippen LogP contribution in [0, 0.1) is 0 Å². The molecule has 0 unspecified atom stereocenters. The molecule has 0 aliphatic heterocycles. The number of quaternary nitrogens is 1.